The van der Waals surface area contributed by atoms with E-state index in [-0.39, 0.29) is 5.41 Å². The Morgan fingerprint density at radius 1 is 1.29 bits per heavy atom. The van der Waals surface area contributed by atoms with Crippen molar-refractivity contribution in [2.45, 2.75) is 40.5 Å². The lowest BCUT2D eigenvalue weighted by Gasteiger charge is -2.21. The molecule has 0 rings (SSSR count). The zero-order chi connectivity index (χ0) is 11.2. The predicted molar refractivity (Wildman–Crippen MR) is 63.4 cm³/mol. The van der Waals surface area contributed by atoms with Gasteiger partial charge in [-0.2, -0.15) is 0 Å². The summed E-state index contributed by atoms with van der Waals surface area (Å²) >= 11 is 6.05. The van der Waals surface area contributed by atoms with E-state index in [1.165, 1.54) is 0 Å². The molecule has 83 valence electrons. The van der Waals surface area contributed by atoms with Crippen molar-refractivity contribution in [2.24, 2.45) is 5.41 Å². The van der Waals surface area contributed by atoms with Crippen LogP contribution in [0.3, 0.4) is 0 Å². The van der Waals surface area contributed by atoms with E-state index < -0.39 is 0 Å². The first kappa shape index (κ1) is 14.0. The van der Waals surface area contributed by atoms with E-state index >= 15 is 0 Å². The Hall–Kier alpha value is -0.0100. The molecule has 0 heterocycles. The Bertz CT molecular complexity index is 170. The smallest absolute Gasteiger partial charge is 0.0897 e. The fourth-order valence-corrected chi connectivity index (χ4v) is 1.51. The van der Waals surface area contributed by atoms with Crippen LogP contribution in [0.5, 0.6) is 0 Å². The van der Waals surface area contributed by atoms with Crippen molar-refractivity contribution in [3.05, 3.63) is 17.5 Å². The van der Waals surface area contributed by atoms with Crippen molar-refractivity contribution in [3.63, 3.8) is 0 Å². The average Bonchev–Trinajstić information content (AvgIpc) is 2.00. The molecule has 0 N–H and O–H groups in total. The van der Waals surface area contributed by atoms with Crippen LogP contribution in [-0.2, 0) is 4.74 Å². The Balaban J connectivity index is 3.54. The third-order valence-electron chi connectivity index (χ3n) is 1.79. The summed E-state index contributed by atoms with van der Waals surface area (Å²) in [6, 6.07) is 0. The van der Waals surface area contributed by atoms with Gasteiger partial charge in [-0.1, -0.05) is 39.8 Å². The summed E-state index contributed by atoms with van der Waals surface area (Å²) in [4.78, 5) is 0. The SMILES string of the molecule is C=C(CC)COC[C](Cl)CC(C)(C)C. The van der Waals surface area contributed by atoms with Crippen molar-refractivity contribution in [2.75, 3.05) is 13.2 Å². The van der Waals surface area contributed by atoms with Gasteiger partial charge in [-0.25, -0.2) is 0 Å². The molecule has 1 nitrogen and oxygen atoms in total. The fraction of sp³-hybridized carbons (Fsp3) is 0.750. The van der Waals surface area contributed by atoms with Crippen molar-refractivity contribution >= 4 is 11.6 Å². The van der Waals surface area contributed by atoms with Crippen LogP contribution in [-0.4, -0.2) is 13.2 Å². The van der Waals surface area contributed by atoms with E-state index in [4.69, 9.17) is 16.3 Å². The molecule has 0 amide bonds. The lowest BCUT2D eigenvalue weighted by molar-refractivity contribution is 0.164. The second kappa shape index (κ2) is 6.47. The first-order chi connectivity index (χ1) is 6.35. The van der Waals surface area contributed by atoms with E-state index in [1.807, 2.05) is 0 Å². The second-order valence-electron chi connectivity index (χ2n) is 4.85. The molecule has 0 atom stereocenters. The molecule has 0 aliphatic carbocycles. The lowest BCUT2D eigenvalue weighted by Crippen LogP contribution is -2.13. The van der Waals surface area contributed by atoms with E-state index in [9.17, 15) is 0 Å². The maximum Gasteiger partial charge on any atom is 0.0897 e. The van der Waals surface area contributed by atoms with Crippen LogP contribution < -0.4 is 0 Å². The van der Waals surface area contributed by atoms with Gasteiger partial charge in [0.1, 0.15) is 0 Å². The fourth-order valence-electron chi connectivity index (χ4n) is 1.03. The van der Waals surface area contributed by atoms with E-state index in [2.05, 4.69) is 34.3 Å². The van der Waals surface area contributed by atoms with Crippen molar-refractivity contribution in [3.8, 4) is 0 Å². The molecule has 14 heavy (non-hydrogen) atoms. The maximum absolute atomic E-state index is 6.05. The molecule has 2 heteroatoms. The van der Waals surface area contributed by atoms with Crippen LogP contribution in [0.1, 0.15) is 40.5 Å². The van der Waals surface area contributed by atoms with Gasteiger partial charge >= 0.3 is 0 Å². The van der Waals surface area contributed by atoms with Gasteiger partial charge < -0.3 is 4.74 Å². The molecule has 0 aliphatic heterocycles. The first-order valence-corrected chi connectivity index (χ1v) is 5.47. The van der Waals surface area contributed by atoms with Crippen LogP contribution in [0.2, 0.25) is 0 Å². The molecular formula is C12H22ClO. The molecule has 0 unspecified atom stereocenters. The lowest BCUT2D eigenvalue weighted by atomic mass is 9.90. The summed E-state index contributed by atoms with van der Waals surface area (Å²) in [5, 5.41) is 0.890. The monoisotopic (exact) mass is 217 g/mol. The average molecular weight is 218 g/mol. The minimum absolute atomic E-state index is 0.238. The molecule has 0 saturated heterocycles. The second-order valence-corrected chi connectivity index (χ2v) is 5.39. The van der Waals surface area contributed by atoms with E-state index in [0.29, 0.717) is 13.2 Å². The molecule has 0 aromatic heterocycles. The highest BCUT2D eigenvalue weighted by Crippen LogP contribution is 2.28. The standard InChI is InChI=1S/C12H22ClO/c1-6-10(2)8-14-9-11(13)7-12(3,4)5/h2,6-9H2,1,3-5H3. The third kappa shape index (κ3) is 8.58. The molecule has 0 aromatic rings. The van der Waals surface area contributed by atoms with Gasteiger partial charge in [0.05, 0.1) is 18.6 Å². The topological polar surface area (TPSA) is 9.23 Å². The van der Waals surface area contributed by atoms with E-state index in [0.717, 1.165) is 23.8 Å². The molecule has 0 saturated carbocycles. The number of ether oxygens (including phenoxy) is 1. The molecule has 0 bridgehead atoms. The molecule has 0 spiro atoms. The van der Waals surface area contributed by atoms with Crippen LogP contribution in [0.25, 0.3) is 0 Å². The van der Waals surface area contributed by atoms with Gasteiger partial charge in [-0.3, -0.25) is 0 Å². The van der Waals surface area contributed by atoms with Gasteiger partial charge in [-0.15, -0.1) is 11.6 Å². The van der Waals surface area contributed by atoms with Crippen LogP contribution in [0.15, 0.2) is 12.2 Å². The molecule has 0 aliphatic rings. The van der Waals surface area contributed by atoms with Crippen LogP contribution in [0.4, 0.5) is 0 Å². The largest absolute Gasteiger partial charge is 0.375 e. The van der Waals surface area contributed by atoms with Gasteiger partial charge in [0, 0.05) is 0 Å². The van der Waals surface area contributed by atoms with Gasteiger partial charge in [0.25, 0.3) is 0 Å². The Labute approximate surface area is 93.5 Å². The summed E-state index contributed by atoms with van der Waals surface area (Å²) in [5.74, 6) is 0. The number of rotatable bonds is 6. The van der Waals surface area contributed by atoms with Crippen LogP contribution >= 0.6 is 11.6 Å². The highest BCUT2D eigenvalue weighted by atomic mass is 35.5. The molecule has 0 fully saturated rings. The predicted octanol–water partition coefficient (Wildman–Crippen LogP) is 4.18. The highest BCUT2D eigenvalue weighted by molar-refractivity contribution is 6.27. The number of hydrogen-bond acceptors (Lipinski definition) is 1. The van der Waals surface area contributed by atoms with Crippen molar-refractivity contribution in [1.82, 2.24) is 0 Å². The summed E-state index contributed by atoms with van der Waals surface area (Å²) in [5.41, 5.74) is 1.35. The summed E-state index contributed by atoms with van der Waals surface area (Å²) in [6.07, 6.45) is 1.87. The number of hydrogen-bond donors (Lipinski definition) is 0. The van der Waals surface area contributed by atoms with Gasteiger partial charge in [0.2, 0.25) is 0 Å². The minimum Gasteiger partial charge on any atom is -0.375 e. The first-order valence-electron chi connectivity index (χ1n) is 5.09. The third-order valence-corrected chi connectivity index (χ3v) is 2.03. The Kier molecular flexibility index (Phi) is 6.46. The maximum atomic E-state index is 6.05. The summed E-state index contributed by atoms with van der Waals surface area (Å²) in [6.45, 7) is 13.6. The summed E-state index contributed by atoms with van der Waals surface area (Å²) < 4.78 is 5.43. The number of halogens is 1. The molecule has 1 radical (unpaired) electrons. The Morgan fingerprint density at radius 3 is 2.29 bits per heavy atom. The molecular weight excluding hydrogens is 196 g/mol. The summed E-state index contributed by atoms with van der Waals surface area (Å²) in [7, 11) is 0. The zero-order valence-corrected chi connectivity index (χ0v) is 10.6. The van der Waals surface area contributed by atoms with Gasteiger partial charge in [-0.05, 0) is 18.3 Å². The van der Waals surface area contributed by atoms with Crippen molar-refractivity contribution < 1.29 is 4.74 Å². The minimum atomic E-state index is 0.238. The quantitative estimate of drug-likeness (QED) is 0.607. The zero-order valence-electron chi connectivity index (χ0n) is 9.82. The van der Waals surface area contributed by atoms with Gasteiger partial charge in [0.15, 0.2) is 0 Å². The molecule has 0 aromatic carbocycles. The van der Waals surface area contributed by atoms with Crippen LogP contribution in [0, 0.1) is 10.8 Å². The normalized spacial score (nSPS) is 12.1. The van der Waals surface area contributed by atoms with E-state index in [1.54, 1.807) is 0 Å². The Morgan fingerprint density at radius 2 is 1.86 bits per heavy atom. The highest BCUT2D eigenvalue weighted by Gasteiger charge is 2.17. The van der Waals surface area contributed by atoms with Crippen molar-refractivity contribution in [1.29, 1.82) is 0 Å².